The maximum absolute atomic E-state index is 4.31. The predicted octanol–water partition coefficient (Wildman–Crippen LogP) is 3.63. The Morgan fingerprint density at radius 1 is 1.15 bits per heavy atom. The molecule has 1 rings (SSSR count). The van der Waals surface area contributed by atoms with Crippen LogP contribution in [0.15, 0.2) is 12.3 Å². The molecule has 0 fully saturated rings. The van der Waals surface area contributed by atoms with Crippen LogP contribution < -0.4 is 0 Å². The van der Waals surface area contributed by atoms with E-state index in [0.717, 1.165) is 5.69 Å². The van der Waals surface area contributed by atoms with E-state index in [1.165, 1.54) is 11.1 Å². The molecule has 1 heteroatoms. The molecule has 0 spiro atoms. The van der Waals surface area contributed by atoms with Gasteiger partial charge >= 0.3 is 0 Å². The van der Waals surface area contributed by atoms with Gasteiger partial charge < -0.3 is 0 Å². The number of nitrogens with zero attached hydrogens (tertiary/aromatic N) is 1. The van der Waals surface area contributed by atoms with Crippen LogP contribution in [-0.4, -0.2) is 4.98 Å². The van der Waals surface area contributed by atoms with Crippen LogP contribution in [0.2, 0.25) is 0 Å². The second-order valence-electron chi connectivity index (χ2n) is 4.39. The van der Waals surface area contributed by atoms with Crippen molar-refractivity contribution in [3.8, 4) is 0 Å². The van der Waals surface area contributed by atoms with Gasteiger partial charge in [0.1, 0.15) is 0 Å². The second kappa shape index (κ2) is 3.91. The fourth-order valence-corrected chi connectivity index (χ4v) is 1.48. The molecule has 0 aliphatic carbocycles. The zero-order valence-electron chi connectivity index (χ0n) is 8.60. The lowest BCUT2D eigenvalue weighted by atomic mass is 9.85. The molecule has 0 aromatic carbocycles. The number of rotatable bonds is 0. The Morgan fingerprint density at radius 3 is 2.08 bits per heavy atom. The summed E-state index contributed by atoms with van der Waals surface area (Å²) in [6.45, 7) is 10.8. The van der Waals surface area contributed by atoms with Gasteiger partial charge in [0, 0.05) is 11.9 Å². The normalized spacial score (nSPS) is 10.8. The number of aromatic nitrogens is 1. The van der Waals surface area contributed by atoms with Gasteiger partial charge in [0.25, 0.3) is 0 Å². The molecule has 13 heavy (non-hydrogen) atoms. The zero-order chi connectivity index (χ0) is 9.35. The molecule has 0 amide bonds. The number of aryl methyl sites for hydroxylation is 2. The van der Waals surface area contributed by atoms with E-state index < -0.39 is 0 Å². The molecule has 0 aliphatic rings. The van der Waals surface area contributed by atoms with Gasteiger partial charge in [-0.2, -0.15) is 0 Å². The third kappa shape index (κ3) is 2.83. The van der Waals surface area contributed by atoms with Crippen molar-refractivity contribution in [2.24, 2.45) is 0 Å². The summed E-state index contributed by atoms with van der Waals surface area (Å²) in [5.41, 5.74) is 3.99. The molecule has 0 saturated carbocycles. The minimum atomic E-state index is 0. The van der Waals surface area contributed by atoms with Gasteiger partial charge in [-0.3, -0.25) is 4.98 Å². The van der Waals surface area contributed by atoms with Crippen molar-refractivity contribution >= 4 is 0 Å². The molecule has 1 aromatic heterocycles. The molecule has 1 heterocycles. The highest BCUT2D eigenvalue weighted by Gasteiger charge is 2.15. The lowest BCUT2D eigenvalue weighted by Gasteiger charge is -2.21. The quantitative estimate of drug-likeness (QED) is 0.592. The number of pyridine rings is 1. The highest BCUT2D eigenvalue weighted by molar-refractivity contribution is 5.30. The number of hydrogen-bond donors (Lipinski definition) is 0. The fourth-order valence-electron chi connectivity index (χ4n) is 1.48. The monoisotopic (exact) mass is 179 g/mol. The number of hydrogen-bond acceptors (Lipinski definition) is 1. The molecule has 0 N–H and O–H groups in total. The maximum Gasteiger partial charge on any atom is 0.0375 e. The molecule has 74 valence electrons. The van der Waals surface area contributed by atoms with E-state index in [2.05, 4.69) is 38.7 Å². The molecule has 0 atom stereocenters. The highest BCUT2D eigenvalue weighted by Crippen LogP contribution is 2.24. The highest BCUT2D eigenvalue weighted by atomic mass is 14.7. The maximum atomic E-state index is 4.31. The topological polar surface area (TPSA) is 12.9 Å². The van der Waals surface area contributed by atoms with Crippen LogP contribution >= 0.6 is 0 Å². The van der Waals surface area contributed by atoms with Crippen LogP contribution in [0.1, 0.15) is 45.0 Å². The van der Waals surface area contributed by atoms with Crippen molar-refractivity contribution in [1.29, 1.82) is 0 Å². The summed E-state index contributed by atoms with van der Waals surface area (Å²) in [7, 11) is 0. The van der Waals surface area contributed by atoms with Gasteiger partial charge in [-0.25, -0.2) is 0 Å². The first kappa shape index (κ1) is 12.2. The summed E-state index contributed by atoms with van der Waals surface area (Å²) in [4.78, 5) is 4.31. The molecule has 1 aromatic rings. The zero-order valence-corrected chi connectivity index (χ0v) is 8.60. The Morgan fingerprint density at radius 2 is 1.69 bits per heavy atom. The third-order valence-corrected chi connectivity index (χ3v) is 2.06. The van der Waals surface area contributed by atoms with E-state index in [1.54, 1.807) is 0 Å². The average Bonchev–Trinajstić information content (AvgIpc) is 1.83. The van der Waals surface area contributed by atoms with Gasteiger partial charge in [0.2, 0.25) is 0 Å². The van der Waals surface area contributed by atoms with E-state index >= 15 is 0 Å². The molecule has 0 bridgehead atoms. The van der Waals surface area contributed by atoms with Crippen LogP contribution in [0.3, 0.4) is 0 Å². The third-order valence-electron chi connectivity index (χ3n) is 2.06. The molecular formula is C12H21N. The summed E-state index contributed by atoms with van der Waals surface area (Å²) in [5.74, 6) is 0. The minimum Gasteiger partial charge on any atom is -0.261 e. The Labute approximate surface area is 82.2 Å². The van der Waals surface area contributed by atoms with E-state index in [4.69, 9.17) is 0 Å². The van der Waals surface area contributed by atoms with Gasteiger partial charge in [-0.05, 0) is 36.5 Å². The van der Waals surface area contributed by atoms with Crippen molar-refractivity contribution in [2.75, 3.05) is 0 Å². The van der Waals surface area contributed by atoms with Crippen LogP contribution in [0.25, 0.3) is 0 Å². The smallest absolute Gasteiger partial charge is 0.0375 e. The summed E-state index contributed by atoms with van der Waals surface area (Å²) in [6, 6.07) is 2.14. The Balaban J connectivity index is 0.00000144. The standard InChI is InChI=1S/C11H17N.CH4/c1-8-6-9(2)12-7-10(8)11(3,4)5;/h6-7H,1-5H3;1H4. The van der Waals surface area contributed by atoms with Gasteiger partial charge in [0.05, 0.1) is 0 Å². The molecule has 0 unspecified atom stereocenters. The summed E-state index contributed by atoms with van der Waals surface area (Å²) >= 11 is 0. The van der Waals surface area contributed by atoms with E-state index in [1.807, 2.05) is 13.1 Å². The van der Waals surface area contributed by atoms with Crippen molar-refractivity contribution < 1.29 is 0 Å². The summed E-state index contributed by atoms with van der Waals surface area (Å²) in [5, 5.41) is 0. The fraction of sp³-hybridized carbons (Fsp3) is 0.583. The molecule has 0 saturated heterocycles. The van der Waals surface area contributed by atoms with E-state index in [-0.39, 0.29) is 12.8 Å². The summed E-state index contributed by atoms with van der Waals surface area (Å²) < 4.78 is 0. The van der Waals surface area contributed by atoms with Gasteiger partial charge in [0.15, 0.2) is 0 Å². The molecule has 1 nitrogen and oxygen atoms in total. The van der Waals surface area contributed by atoms with Crippen LogP contribution in [0.5, 0.6) is 0 Å². The minimum absolute atomic E-state index is 0. The second-order valence-corrected chi connectivity index (χ2v) is 4.39. The average molecular weight is 179 g/mol. The van der Waals surface area contributed by atoms with Crippen molar-refractivity contribution in [3.63, 3.8) is 0 Å². The van der Waals surface area contributed by atoms with E-state index in [9.17, 15) is 0 Å². The Bertz CT molecular complexity index is 282. The van der Waals surface area contributed by atoms with Crippen molar-refractivity contribution in [3.05, 3.63) is 29.1 Å². The van der Waals surface area contributed by atoms with Gasteiger partial charge in [-0.15, -0.1) is 0 Å². The predicted molar refractivity (Wildman–Crippen MR) is 59.1 cm³/mol. The lowest BCUT2D eigenvalue weighted by Crippen LogP contribution is -2.13. The van der Waals surface area contributed by atoms with Gasteiger partial charge in [-0.1, -0.05) is 28.2 Å². The van der Waals surface area contributed by atoms with Crippen LogP contribution in [0, 0.1) is 13.8 Å². The first-order valence-corrected chi connectivity index (χ1v) is 4.35. The summed E-state index contributed by atoms with van der Waals surface area (Å²) in [6.07, 6.45) is 1.99. The Kier molecular flexibility index (Phi) is 3.65. The largest absolute Gasteiger partial charge is 0.261 e. The molecule has 0 radical (unpaired) electrons. The Hall–Kier alpha value is -0.850. The van der Waals surface area contributed by atoms with Crippen LogP contribution in [-0.2, 0) is 5.41 Å². The lowest BCUT2D eigenvalue weighted by molar-refractivity contribution is 0.582. The first-order valence-electron chi connectivity index (χ1n) is 4.35. The van der Waals surface area contributed by atoms with Crippen molar-refractivity contribution in [2.45, 2.75) is 47.5 Å². The SMILES string of the molecule is C.Cc1cc(C)c(C(C)(C)C)cn1. The van der Waals surface area contributed by atoms with Crippen molar-refractivity contribution in [1.82, 2.24) is 4.98 Å². The van der Waals surface area contributed by atoms with Crippen LogP contribution in [0.4, 0.5) is 0 Å². The first-order chi connectivity index (χ1) is 5.41. The molecule has 0 aliphatic heterocycles. The van der Waals surface area contributed by atoms with E-state index in [0.29, 0.717) is 0 Å². The molecular weight excluding hydrogens is 158 g/mol.